The lowest BCUT2D eigenvalue weighted by Gasteiger charge is -2.39. The van der Waals surface area contributed by atoms with E-state index in [2.05, 4.69) is 72.5 Å². The van der Waals surface area contributed by atoms with Crippen LogP contribution < -0.4 is 10.6 Å². The van der Waals surface area contributed by atoms with Crippen LogP contribution in [0.1, 0.15) is 31.4 Å². The van der Waals surface area contributed by atoms with E-state index in [1.165, 1.54) is 5.56 Å². The maximum absolute atomic E-state index is 11.7. The Hall–Kier alpha value is -0.870. The normalized spacial score (nSPS) is 19.0. The van der Waals surface area contributed by atoms with Gasteiger partial charge in [-0.1, -0.05) is 28.1 Å². The van der Waals surface area contributed by atoms with Crippen molar-refractivity contribution in [2.24, 2.45) is 10.9 Å². The quantitative estimate of drug-likeness (QED) is 0.242. The number of aliphatic imine (C=N–C) groups is 1. The van der Waals surface area contributed by atoms with Crippen LogP contribution in [0.3, 0.4) is 0 Å². The third kappa shape index (κ3) is 6.59. The molecule has 0 spiro atoms. The molecule has 8 heteroatoms. The molecule has 1 heterocycles. The zero-order valence-electron chi connectivity index (χ0n) is 16.7. The molecule has 1 saturated heterocycles. The first-order valence-electron chi connectivity index (χ1n) is 9.81. The number of benzene rings is 1. The highest BCUT2D eigenvalue weighted by atomic mass is 127. The first-order valence-corrected chi connectivity index (χ1v) is 10.6. The highest BCUT2D eigenvalue weighted by molar-refractivity contribution is 14.0. The second kappa shape index (κ2) is 11.3. The van der Waals surface area contributed by atoms with Gasteiger partial charge in [0.25, 0.3) is 0 Å². The van der Waals surface area contributed by atoms with Crippen LogP contribution in [0.15, 0.2) is 33.7 Å². The van der Waals surface area contributed by atoms with Gasteiger partial charge in [0.15, 0.2) is 5.96 Å². The van der Waals surface area contributed by atoms with Gasteiger partial charge in [0.1, 0.15) is 0 Å². The summed E-state index contributed by atoms with van der Waals surface area (Å²) >= 11 is 3.50. The molecule has 2 N–H and O–H groups in total. The van der Waals surface area contributed by atoms with Crippen LogP contribution in [0.2, 0.25) is 0 Å². The Kier molecular flexibility index (Phi) is 9.49. The van der Waals surface area contributed by atoms with Crippen molar-refractivity contribution in [3.63, 3.8) is 0 Å². The molecule has 0 radical (unpaired) electrons. The van der Waals surface area contributed by atoms with Crippen LogP contribution in [0, 0.1) is 5.92 Å². The zero-order valence-corrected chi connectivity index (χ0v) is 20.6. The zero-order chi connectivity index (χ0) is 19.2. The number of piperazine rings is 1. The van der Waals surface area contributed by atoms with Crippen molar-refractivity contribution < 1.29 is 4.79 Å². The van der Waals surface area contributed by atoms with Gasteiger partial charge < -0.3 is 15.5 Å². The number of amides is 1. The van der Waals surface area contributed by atoms with E-state index in [-0.39, 0.29) is 35.8 Å². The second-order valence-corrected chi connectivity index (χ2v) is 8.21. The molecule has 3 rings (SSSR count). The molecule has 1 aliphatic carbocycles. The molecule has 2 fully saturated rings. The number of hydrogen-bond donors (Lipinski definition) is 2. The molecule has 156 valence electrons. The van der Waals surface area contributed by atoms with Gasteiger partial charge >= 0.3 is 0 Å². The summed E-state index contributed by atoms with van der Waals surface area (Å²) in [6.45, 7) is 7.56. The highest BCUT2D eigenvalue weighted by Gasteiger charge is 2.29. The van der Waals surface area contributed by atoms with Crippen molar-refractivity contribution >= 4 is 51.8 Å². The number of hydrogen-bond acceptors (Lipinski definition) is 3. The van der Waals surface area contributed by atoms with E-state index in [0.717, 1.165) is 49.5 Å². The SMILES string of the molecule is CN=C(NCCNC(=O)C1CC1)N1CCN(C(C)c2ccc(Br)cc2)CC1.I. The van der Waals surface area contributed by atoms with Gasteiger partial charge in [-0.05, 0) is 37.5 Å². The number of nitrogens with zero attached hydrogens (tertiary/aromatic N) is 3. The van der Waals surface area contributed by atoms with Crippen LogP contribution in [-0.2, 0) is 4.79 Å². The Balaban J connectivity index is 0.00000280. The molecule has 0 aromatic heterocycles. The van der Waals surface area contributed by atoms with Crippen molar-refractivity contribution in [2.45, 2.75) is 25.8 Å². The minimum Gasteiger partial charge on any atom is -0.354 e. The van der Waals surface area contributed by atoms with Gasteiger partial charge in [-0.15, -0.1) is 24.0 Å². The summed E-state index contributed by atoms with van der Waals surface area (Å²) in [4.78, 5) is 20.9. The number of nitrogens with one attached hydrogen (secondary N) is 2. The Morgan fingerprint density at radius 1 is 1.14 bits per heavy atom. The summed E-state index contributed by atoms with van der Waals surface area (Å²) in [5.74, 6) is 1.39. The van der Waals surface area contributed by atoms with E-state index in [0.29, 0.717) is 19.1 Å². The number of carbonyl (C=O) groups excluding carboxylic acids is 1. The van der Waals surface area contributed by atoms with E-state index in [4.69, 9.17) is 0 Å². The molecule has 0 bridgehead atoms. The monoisotopic (exact) mass is 563 g/mol. The van der Waals surface area contributed by atoms with Crippen LogP contribution in [0.25, 0.3) is 0 Å². The minimum absolute atomic E-state index is 0. The van der Waals surface area contributed by atoms with Gasteiger partial charge in [-0.3, -0.25) is 14.7 Å². The van der Waals surface area contributed by atoms with E-state index < -0.39 is 0 Å². The van der Waals surface area contributed by atoms with Crippen LogP contribution in [0.4, 0.5) is 0 Å². The molecule has 1 unspecified atom stereocenters. The Morgan fingerprint density at radius 2 is 1.75 bits per heavy atom. The van der Waals surface area contributed by atoms with Gasteiger partial charge in [0.2, 0.25) is 5.91 Å². The fourth-order valence-electron chi connectivity index (χ4n) is 3.46. The topological polar surface area (TPSA) is 60.0 Å². The average molecular weight is 564 g/mol. The molecule has 1 aromatic carbocycles. The number of halogens is 2. The summed E-state index contributed by atoms with van der Waals surface area (Å²) in [6.07, 6.45) is 2.09. The van der Waals surface area contributed by atoms with Crippen molar-refractivity contribution in [1.82, 2.24) is 20.4 Å². The van der Waals surface area contributed by atoms with Crippen molar-refractivity contribution in [1.29, 1.82) is 0 Å². The molecule has 1 saturated carbocycles. The number of rotatable bonds is 6. The molecule has 28 heavy (non-hydrogen) atoms. The number of guanidine groups is 1. The highest BCUT2D eigenvalue weighted by Crippen LogP contribution is 2.28. The predicted molar refractivity (Wildman–Crippen MR) is 128 cm³/mol. The fourth-order valence-corrected chi connectivity index (χ4v) is 3.72. The third-order valence-corrected chi connectivity index (χ3v) is 5.91. The van der Waals surface area contributed by atoms with Gasteiger partial charge in [0, 0.05) is 62.7 Å². The third-order valence-electron chi connectivity index (χ3n) is 5.38. The second-order valence-electron chi connectivity index (χ2n) is 7.29. The molecule has 6 nitrogen and oxygen atoms in total. The molecule has 1 aliphatic heterocycles. The largest absolute Gasteiger partial charge is 0.354 e. The minimum atomic E-state index is 0. The van der Waals surface area contributed by atoms with Crippen molar-refractivity contribution in [2.75, 3.05) is 46.3 Å². The van der Waals surface area contributed by atoms with Crippen LogP contribution >= 0.6 is 39.9 Å². The van der Waals surface area contributed by atoms with Gasteiger partial charge in [-0.25, -0.2) is 0 Å². The average Bonchev–Trinajstić information content (AvgIpc) is 3.54. The lowest BCUT2D eigenvalue weighted by molar-refractivity contribution is -0.122. The van der Waals surface area contributed by atoms with Crippen molar-refractivity contribution in [3.8, 4) is 0 Å². The first kappa shape index (κ1) is 23.4. The summed E-state index contributed by atoms with van der Waals surface area (Å²) in [6, 6.07) is 9.01. The van der Waals surface area contributed by atoms with E-state index in [1.807, 2.05) is 7.05 Å². The first-order chi connectivity index (χ1) is 13.1. The maximum Gasteiger partial charge on any atom is 0.223 e. The Bertz CT molecular complexity index is 657. The van der Waals surface area contributed by atoms with E-state index in [9.17, 15) is 4.79 Å². The van der Waals surface area contributed by atoms with E-state index in [1.54, 1.807) is 0 Å². The summed E-state index contributed by atoms with van der Waals surface area (Å²) in [5.41, 5.74) is 1.35. The van der Waals surface area contributed by atoms with Crippen molar-refractivity contribution in [3.05, 3.63) is 34.3 Å². The lowest BCUT2D eigenvalue weighted by Crippen LogP contribution is -2.53. The van der Waals surface area contributed by atoms with Crippen LogP contribution in [-0.4, -0.2) is 68.0 Å². The molecule has 1 atom stereocenters. The summed E-state index contributed by atoms with van der Waals surface area (Å²) in [7, 11) is 1.82. The van der Waals surface area contributed by atoms with E-state index >= 15 is 0 Å². The molecule has 1 amide bonds. The predicted octanol–water partition coefficient (Wildman–Crippen LogP) is 2.85. The Morgan fingerprint density at radius 3 is 2.32 bits per heavy atom. The standard InChI is InChI=1S/C20H30BrN5O.HI/c1-15(16-5-7-18(21)8-6-16)25-11-13-26(14-12-25)20(22-2)24-10-9-23-19(27)17-3-4-17;/h5-8,15,17H,3-4,9-14H2,1-2H3,(H,22,24)(H,23,27);1H. The molecular weight excluding hydrogens is 533 g/mol. The summed E-state index contributed by atoms with van der Waals surface area (Å²) < 4.78 is 1.12. The van der Waals surface area contributed by atoms with Crippen LogP contribution in [0.5, 0.6) is 0 Å². The molecule has 2 aliphatic rings. The van der Waals surface area contributed by atoms with Gasteiger partial charge in [-0.2, -0.15) is 0 Å². The van der Waals surface area contributed by atoms with Gasteiger partial charge in [0.05, 0.1) is 0 Å². The lowest BCUT2D eigenvalue weighted by atomic mass is 10.1. The smallest absolute Gasteiger partial charge is 0.223 e. The maximum atomic E-state index is 11.7. The fraction of sp³-hybridized carbons (Fsp3) is 0.600. The molecule has 1 aromatic rings. The Labute approximate surface area is 193 Å². The number of carbonyl (C=O) groups is 1. The summed E-state index contributed by atoms with van der Waals surface area (Å²) in [5, 5.41) is 6.36. The molecular formula is C20H31BrIN5O.